The molecule has 0 saturated carbocycles. The highest BCUT2D eigenvalue weighted by Gasteiger charge is 2.08. The van der Waals surface area contributed by atoms with E-state index in [4.69, 9.17) is 16.3 Å². The standard InChI is InChI=1S/C15H15ClINO2/c1-20-12-5-2-10(3-6-12)15(19)9-18-14-7-4-11(16)8-13(14)17/h2-8,15,18-19H,9H2,1H3. The van der Waals surface area contributed by atoms with Crippen molar-refractivity contribution >= 4 is 39.9 Å². The highest BCUT2D eigenvalue weighted by Crippen LogP contribution is 2.24. The highest BCUT2D eigenvalue weighted by molar-refractivity contribution is 14.1. The van der Waals surface area contributed by atoms with Crippen LogP contribution in [0.2, 0.25) is 5.02 Å². The number of halogens is 2. The van der Waals surface area contributed by atoms with Crippen LogP contribution >= 0.6 is 34.2 Å². The average Bonchev–Trinajstić information content (AvgIpc) is 2.46. The predicted molar refractivity (Wildman–Crippen MR) is 90.6 cm³/mol. The van der Waals surface area contributed by atoms with E-state index in [1.54, 1.807) is 7.11 Å². The van der Waals surface area contributed by atoms with E-state index in [2.05, 4.69) is 27.9 Å². The summed E-state index contributed by atoms with van der Waals surface area (Å²) in [6.07, 6.45) is -0.576. The van der Waals surface area contributed by atoms with Crippen molar-refractivity contribution in [3.05, 3.63) is 56.6 Å². The molecular formula is C15H15ClINO2. The van der Waals surface area contributed by atoms with Crippen LogP contribution in [0.4, 0.5) is 5.69 Å². The Labute approximate surface area is 137 Å². The summed E-state index contributed by atoms with van der Waals surface area (Å²) in [5.74, 6) is 0.779. The largest absolute Gasteiger partial charge is 0.497 e. The topological polar surface area (TPSA) is 41.5 Å². The molecule has 1 atom stereocenters. The number of anilines is 1. The van der Waals surface area contributed by atoms with Gasteiger partial charge in [0, 0.05) is 20.8 Å². The number of ether oxygens (including phenoxy) is 1. The van der Waals surface area contributed by atoms with Crippen molar-refractivity contribution in [1.82, 2.24) is 0 Å². The number of nitrogens with one attached hydrogen (secondary N) is 1. The molecule has 1 unspecified atom stereocenters. The Hall–Kier alpha value is -0.980. The van der Waals surface area contributed by atoms with Gasteiger partial charge in [-0.25, -0.2) is 0 Å². The van der Waals surface area contributed by atoms with E-state index >= 15 is 0 Å². The van der Waals surface area contributed by atoms with Gasteiger partial charge in [-0.3, -0.25) is 0 Å². The van der Waals surface area contributed by atoms with Crippen LogP contribution in [-0.2, 0) is 0 Å². The molecule has 2 aromatic carbocycles. The zero-order valence-electron chi connectivity index (χ0n) is 10.9. The molecule has 0 radical (unpaired) electrons. The summed E-state index contributed by atoms with van der Waals surface area (Å²) in [5, 5.41) is 14.1. The molecule has 20 heavy (non-hydrogen) atoms. The van der Waals surface area contributed by atoms with Crippen molar-refractivity contribution in [2.45, 2.75) is 6.10 Å². The molecule has 3 nitrogen and oxygen atoms in total. The number of aliphatic hydroxyl groups excluding tert-OH is 1. The minimum Gasteiger partial charge on any atom is -0.497 e. The maximum atomic E-state index is 10.2. The van der Waals surface area contributed by atoms with Gasteiger partial charge in [0.05, 0.1) is 13.2 Å². The SMILES string of the molecule is COc1ccc(C(O)CNc2ccc(Cl)cc2I)cc1. The molecule has 5 heteroatoms. The van der Waals surface area contributed by atoms with Crippen molar-refractivity contribution in [2.75, 3.05) is 19.0 Å². The number of hydrogen-bond acceptors (Lipinski definition) is 3. The first-order chi connectivity index (χ1) is 9.60. The second-order valence-corrected chi connectivity index (χ2v) is 5.89. The van der Waals surface area contributed by atoms with Crippen molar-refractivity contribution in [2.24, 2.45) is 0 Å². The molecule has 2 rings (SSSR count). The van der Waals surface area contributed by atoms with E-state index in [1.807, 2.05) is 42.5 Å². The minimum absolute atomic E-state index is 0.434. The van der Waals surface area contributed by atoms with Gasteiger partial charge >= 0.3 is 0 Å². The molecule has 2 N–H and O–H groups in total. The van der Waals surface area contributed by atoms with E-state index in [9.17, 15) is 5.11 Å². The first-order valence-corrected chi connectivity index (χ1v) is 7.57. The zero-order chi connectivity index (χ0) is 14.5. The third kappa shape index (κ3) is 4.01. The summed E-state index contributed by atoms with van der Waals surface area (Å²) in [4.78, 5) is 0. The Kier molecular flexibility index (Phi) is 5.51. The van der Waals surface area contributed by atoms with Crippen LogP contribution in [0.25, 0.3) is 0 Å². The van der Waals surface area contributed by atoms with Gasteiger partial charge in [-0.05, 0) is 58.5 Å². The fourth-order valence-corrected chi connectivity index (χ4v) is 2.85. The van der Waals surface area contributed by atoms with Crippen molar-refractivity contribution in [3.8, 4) is 5.75 Å². The van der Waals surface area contributed by atoms with Crippen LogP contribution in [0.15, 0.2) is 42.5 Å². The Morgan fingerprint density at radius 3 is 2.55 bits per heavy atom. The number of aliphatic hydroxyl groups is 1. The lowest BCUT2D eigenvalue weighted by Crippen LogP contribution is -2.12. The maximum Gasteiger partial charge on any atom is 0.118 e. The Morgan fingerprint density at radius 1 is 1.25 bits per heavy atom. The van der Waals surface area contributed by atoms with Crippen LogP contribution in [0, 0.1) is 3.57 Å². The fraction of sp³-hybridized carbons (Fsp3) is 0.200. The smallest absolute Gasteiger partial charge is 0.118 e. The van der Waals surface area contributed by atoms with Crippen LogP contribution in [0.5, 0.6) is 5.75 Å². The third-order valence-electron chi connectivity index (χ3n) is 2.92. The van der Waals surface area contributed by atoms with Crippen molar-refractivity contribution in [1.29, 1.82) is 0 Å². The molecule has 0 aliphatic carbocycles. The molecular weight excluding hydrogens is 389 g/mol. The van der Waals surface area contributed by atoms with E-state index in [1.165, 1.54) is 0 Å². The number of rotatable bonds is 5. The average molecular weight is 404 g/mol. The highest BCUT2D eigenvalue weighted by atomic mass is 127. The van der Waals surface area contributed by atoms with Crippen LogP contribution < -0.4 is 10.1 Å². The second-order valence-electron chi connectivity index (χ2n) is 4.29. The summed E-state index contributed by atoms with van der Waals surface area (Å²) in [5.41, 5.74) is 1.81. The normalized spacial score (nSPS) is 12.0. The molecule has 0 aliphatic heterocycles. The first-order valence-electron chi connectivity index (χ1n) is 6.11. The lowest BCUT2D eigenvalue weighted by atomic mass is 10.1. The molecule has 0 aromatic heterocycles. The zero-order valence-corrected chi connectivity index (χ0v) is 13.9. The van der Waals surface area contributed by atoms with Gasteiger partial charge in [0.2, 0.25) is 0 Å². The second kappa shape index (κ2) is 7.15. The lowest BCUT2D eigenvalue weighted by Gasteiger charge is -2.14. The van der Waals surface area contributed by atoms with E-state index in [0.717, 1.165) is 20.6 Å². The Balaban J connectivity index is 1.98. The molecule has 106 valence electrons. The molecule has 0 amide bonds. The van der Waals surface area contributed by atoms with Crippen LogP contribution in [-0.4, -0.2) is 18.8 Å². The van der Waals surface area contributed by atoms with Crippen LogP contribution in [0.3, 0.4) is 0 Å². The van der Waals surface area contributed by atoms with Gasteiger partial charge in [0.15, 0.2) is 0 Å². The summed E-state index contributed by atoms with van der Waals surface area (Å²) in [6, 6.07) is 13.0. The van der Waals surface area contributed by atoms with Gasteiger partial charge < -0.3 is 15.2 Å². The summed E-state index contributed by atoms with van der Waals surface area (Å²) in [6.45, 7) is 0.434. The predicted octanol–water partition coefficient (Wildman–Crippen LogP) is 4.10. The quantitative estimate of drug-likeness (QED) is 0.739. The first kappa shape index (κ1) is 15.4. The maximum absolute atomic E-state index is 10.2. The van der Waals surface area contributed by atoms with Gasteiger partial charge in [0.25, 0.3) is 0 Å². The number of methoxy groups -OCH3 is 1. The number of benzene rings is 2. The van der Waals surface area contributed by atoms with E-state index in [-0.39, 0.29) is 0 Å². The summed E-state index contributed by atoms with van der Waals surface area (Å²) < 4.78 is 6.12. The Bertz CT molecular complexity index is 575. The molecule has 2 aromatic rings. The van der Waals surface area contributed by atoms with E-state index < -0.39 is 6.10 Å². The third-order valence-corrected chi connectivity index (χ3v) is 4.05. The Morgan fingerprint density at radius 2 is 1.95 bits per heavy atom. The number of hydrogen-bond donors (Lipinski definition) is 2. The summed E-state index contributed by atoms with van der Waals surface area (Å²) >= 11 is 8.12. The monoisotopic (exact) mass is 403 g/mol. The molecule has 0 saturated heterocycles. The van der Waals surface area contributed by atoms with Gasteiger partial charge in [-0.2, -0.15) is 0 Å². The molecule has 0 aliphatic rings. The molecule has 0 heterocycles. The minimum atomic E-state index is -0.576. The van der Waals surface area contributed by atoms with Crippen molar-refractivity contribution < 1.29 is 9.84 Å². The van der Waals surface area contributed by atoms with Gasteiger partial charge in [0.1, 0.15) is 5.75 Å². The lowest BCUT2D eigenvalue weighted by molar-refractivity contribution is 0.191. The van der Waals surface area contributed by atoms with Crippen LogP contribution in [0.1, 0.15) is 11.7 Å². The van der Waals surface area contributed by atoms with E-state index in [0.29, 0.717) is 11.6 Å². The fourth-order valence-electron chi connectivity index (χ4n) is 1.78. The molecule has 0 spiro atoms. The molecule has 0 bridgehead atoms. The van der Waals surface area contributed by atoms with Gasteiger partial charge in [-0.1, -0.05) is 23.7 Å². The molecule has 0 fully saturated rings. The van der Waals surface area contributed by atoms with Gasteiger partial charge in [-0.15, -0.1) is 0 Å². The summed E-state index contributed by atoms with van der Waals surface area (Å²) in [7, 11) is 1.62. The van der Waals surface area contributed by atoms with Crippen molar-refractivity contribution in [3.63, 3.8) is 0 Å².